The van der Waals surface area contributed by atoms with Crippen LogP contribution in [0.4, 0.5) is 0 Å². The van der Waals surface area contributed by atoms with Gasteiger partial charge in [0.1, 0.15) is 5.76 Å². The molecule has 1 aromatic rings. The second kappa shape index (κ2) is 4.81. The van der Waals surface area contributed by atoms with E-state index in [0.717, 1.165) is 11.3 Å². The fraction of sp³-hybridized carbons (Fsp3) is 0.500. The molecule has 0 bridgehead atoms. The first-order valence-corrected chi connectivity index (χ1v) is 4.50. The van der Waals surface area contributed by atoms with Crippen LogP contribution in [0.15, 0.2) is 16.7 Å². The van der Waals surface area contributed by atoms with Gasteiger partial charge in [0.15, 0.2) is 0 Å². The van der Waals surface area contributed by atoms with Gasteiger partial charge in [-0.1, -0.05) is 0 Å². The summed E-state index contributed by atoms with van der Waals surface area (Å²) in [6.45, 7) is 2.20. The molecule has 1 aromatic heterocycles. The molecule has 0 aliphatic rings. The smallest absolute Gasteiger partial charge is 0.310 e. The van der Waals surface area contributed by atoms with Crippen LogP contribution in [0.2, 0.25) is 0 Å². The molecule has 0 saturated heterocycles. The molecule has 0 aromatic carbocycles. The zero-order chi connectivity index (χ0) is 10.6. The maximum Gasteiger partial charge on any atom is 0.310 e. The van der Waals surface area contributed by atoms with Gasteiger partial charge in [-0.3, -0.25) is 4.79 Å². The Bertz CT molecular complexity index is 306. The van der Waals surface area contributed by atoms with Crippen LogP contribution in [0.25, 0.3) is 0 Å². The lowest BCUT2D eigenvalue weighted by Gasteiger charge is -2.10. The predicted octanol–water partition coefficient (Wildman–Crippen LogP) is 0.878. The number of rotatable bonds is 4. The fourth-order valence-electron chi connectivity index (χ4n) is 1.27. The van der Waals surface area contributed by atoms with E-state index in [1.807, 2.05) is 13.0 Å². The van der Waals surface area contributed by atoms with E-state index in [-0.39, 0.29) is 18.4 Å². The Morgan fingerprint density at radius 1 is 1.71 bits per heavy atom. The fourth-order valence-corrected chi connectivity index (χ4v) is 1.27. The first-order valence-electron chi connectivity index (χ1n) is 4.50. The standard InChI is InChI=1S/C10H15NO3/c1-7-3-4-14-9(7)5-8(6-11)10(12)13-2/h3-4,8H,5-6,11H2,1-2H3. The first kappa shape index (κ1) is 10.8. The zero-order valence-electron chi connectivity index (χ0n) is 8.45. The highest BCUT2D eigenvalue weighted by molar-refractivity contribution is 5.72. The molecule has 4 nitrogen and oxygen atoms in total. The Kier molecular flexibility index (Phi) is 3.71. The van der Waals surface area contributed by atoms with Gasteiger partial charge in [0, 0.05) is 13.0 Å². The molecule has 0 spiro atoms. The van der Waals surface area contributed by atoms with E-state index in [2.05, 4.69) is 4.74 Å². The van der Waals surface area contributed by atoms with Gasteiger partial charge >= 0.3 is 5.97 Å². The Hall–Kier alpha value is -1.29. The molecule has 1 unspecified atom stereocenters. The second-order valence-corrected chi connectivity index (χ2v) is 3.19. The summed E-state index contributed by atoms with van der Waals surface area (Å²) in [7, 11) is 1.36. The van der Waals surface area contributed by atoms with Crippen LogP contribution >= 0.6 is 0 Å². The maximum atomic E-state index is 11.2. The van der Waals surface area contributed by atoms with Crippen molar-refractivity contribution in [3.8, 4) is 0 Å². The number of methoxy groups -OCH3 is 1. The largest absolute Gasteiger partial charge is 0.469 e. The van der Waals surface area contributed by atoms with Crippen molar-refractivity contribution >= 4 is 5.97 Å². The van der Waals surface area contributed by atoms with E-state index in [4.69, 9.17) is 10.2 Å². The molecule has 78 valence electrons. The minimum absolute atomic E-state index is 0.271. The minimum atomic E-state index is -0.315. The average molecular weight is 197 g/mol. The van der Waals surface area contributed by atoms with Gasteiger partial charge < -0.3 is 14.9 Å². The van der Waals surface area contributed by atoms with Gasteiger partial charge in [-0.05, 0) is 18.6 Å². The van der Waals surface area contributed by atoms with Crippen molar-refractivity contribution in [2.45, 2.75) is 13.3 Å². The number of hydrogen-bond acceptors (Lipinski definition) is 4. The number of aryl methyl sites for hydroxylation is 1. The Morgan fingerprint density at radius 2 is 2.43 bits per heavy atom. The van der Waals surface area contributed by atoms with Crippen molar-refractivity contribution < 1.29 is 13.9 Å². The first-order chi connectivity index (χ1) is 6.69. The van der Waals surface area contributed by atoms with Crippen molar-refractivity contribution in [1.29, 1.82) is 0 Å². The van der Waals surface area contributed by atoms with E-state index in [1.54, 1.807) is 6.26 Å². The third-order valence-corrected chi connectivity index (χ3v) is 2.22. The number of furan rings is 1. The number of ether oxygens (including phenoxy) is 1. The number of esters is 1. The van der Waals surface area contributed by atoms with Crippen LogP contribution in [-0.2, 0) is 16.0 Å². The van der Waals surface area contributed by atoms with E-state index in [0.29, 0.717) is 6.42 Å². The Balaban J connectivity index is 2.66. The summed E-state index contributed by atoms with van der Waals surface area (Å²) in [5.41, 5.74) is 6.51. The van der Waals surface area contributed by atoms with Gasteiger partial charge in [0.2, 0.25) is 0 Å². The van der Waals surface area contributed by atoms with Crippen LogP contribution in [-0.4, -0.2) is 19.6 Å². The normalized spacial score (nSPS) is 12.5. The summed E-state index contributed by atoms with van der Waals surface area (Å²) in [5, 5.41) is 0. The van der Waals surface area contributed by atoms with Gasteiger partial charge in [0.25, 0.3) is 0 Å². The number of carbonyl (C=O) groups excluding carboxylic acids is 1. The van der Waals surface area contributed by atoms with Crippen molar-refractivity contribution in [2.75, 3.05) is 13.7 Å². The third-order valence-electron chi connectivity index (χ3n) is 2.22. The lowest BCUT2D eigenvalue weighted by molar-refractivity contribution is -0.145. The monoisotopic (exact) mass is 197 g/mol. The van der Waals surface area contributed by atoms with Gasteiger partial charge in [-0.15, -0.1) is 0 Å². The summed E-state index contributed by atoms with van der Waals surface area (Å²) >= 11 is 0. The summed E-state index contributed by atoms with van der Waals surface area (Å²) < 4.78 is 9.86. The van der Waals surface area contributed by atoms with Gasteiger partial charge in [0.05, 0.1) is 19.3 Å². The van der Waals surface area contributed by atoms with Crippen LogP contribution < -0.4 is 5.73 Å². The van der Waals surface area contributed by atoms with Crippen molar-refractivity contribution in [3.05, 3.63) is 23.7 Å². The molecule has 2 N–H and O–H groups in total. The van der Waals surface area contributed by atoms with E-state index in [9.17, 15) is 4.79 Å². The Morgan fingerprint density at radius 3 is 2.86 bits per heavy atom. The third kappa shape index (κ3) is 2.35. The average Bonchev–Trinajstić information content (AvgIpc) is 2.59. The van der Waals surface area contributed by atoms with E-state index in [1.165, 1.54) is 7.11 Å². The van der Waals surface area contributed by atoms with Crippen molar-refractivity contribution in [2.24, 2.45) is 11.7 Å². The van der Waals surface area contributed by atoms with Crippen molar-refractivity contribution in [3.63, 3.8) is 0 Å². The lowest BCUT2D eigenvalue weighted by atomic mass is 10.0. The molecule has 0 fully saturated rings. The molecular formula is C10H15NO3. The second-order valence-electron chi connectivity index (χ2n) is 3.19. The number of carbonyl (C=O) groups is 1. The molecule has 0 aliphatic carbocycles. The van der Waals surface area contributed by atoms with Gasteiger partial charge in [-0.2, -0.15) is 0 Å². The number of nitrogens with two attached hydrogens (primary N) is 1. The van der Waals surface area contributed by atoms with Crippen LogP contribution in [0.1, 0.15) is 11.3 Å². The molecule has 0 radical (unpaired) electrons. The van der Waals surface area contributed by atoms with Gasteiger partial charge in [-0.25, -0.2) is 0 Å². The predicted molar refractivity (Wildman–Crippen MR) is 51.7 cm³/mol. The van der Waals surface area contributed by atoms with Crippen LogP contribution in [0, 0.1) is 12.8 Å². The zero-order valence-corrected chi connectivity index (χ0v) is 8.45. The quantitative estimate of drug-likeness (QED) is 0.727. The highest BCUT2D eigenvalue weighted by Crippen LogP contribution is 2.14. The molecule has 1 rings (SSSR count). The summed E-state index contributed by atoms with van der Waals surface area (Å²) in [6, 6.07) is 1.86. The molecule has 14 heavy (non-hydrogen) atoms. The minimum Gasteiger partial charge on any atom is -0.469 e. The molecule has 0 amide bonds. The number of hydrogen-bond donors (Lipinski definition) is 1. The Labute approximate surface area is 83.0 Å². The van der Waals surface area contributed by atoms with E-state index < -0.39 is 0 Å². The van der Waals surface area contributed by atoms with E-state index >= 15 is 0 Å². The molecule has 1 heterocycles. The molecule has 0 aliphatic heterocycles. The van der Waals surface area contributed by atoms with Crippen molar-refractivity contribution in [1.82, 2.24) is 0 Å². The molecular weight excluding hydrogens is 182 g/mol. The molecule has 0 saturated carbocycles. The molecule has 1 atom stereocenters. The van der Waals surface area contributed by atoms with Crippen LogP contribution in [0.5, 0.6) is 0 Å². The van der Waals surface area contributed by atoms with Crippen LogP contribution in [0.3, 0.4) is 0 Å². The molecule has 4 heteroatoms. The highest BCUT2D eigenvalue weighted by atomic mass is 16.5. The maximum absolute atomic E-state index is 11.2. The SMILES string of the molecule is COC(=O)C(CN)Cc1occc1C. The lowest BCUT2D eigenvalue weighted by Crippen LogP contribution is -2.26. The highest BCUT2D eigenvalue weighted by Gasteiger charge is 2.20. The summed E-state index contributed by atoms with van der Waals surface area (Å²) in [4.78, 5) is 11.2. The summed E-state index contributed by atoms with van der Waals surface area (Å²) in [6.07, 6.45) is 2.11. The summed E-state index contributed by atoms with van der Waals surface area (Å²) in [5.74, 6) is 0.194. The topological polar surface area (TPSA) is 65.5 Å².